The van der Waals surface area contributed by atoms with Crippen LogP contribution in [-0.4, -0.2) is 66.8 Å². The van der Waals surface area contributed by atoms with Gasteiger partial charge in [-0.15, -0.1) is 0 Å². The lowest BCUT2D eigenvalue weighted by Gasteiger charge is -2.41. The Kier molecular flexibility index (Phi) is 7.40. The Morgan fingerprint density at radius 2 is 1.70 bits per heavy atom. The van der Waals surface area contributed by atoms with Crippen molar-refractivity contribution in [3.05, 3.63) is 0 Å². The summed E-state index contributed by atoms with van der Waals surface area (Å²) in [6.45, 7) is 5.10. The number of rotatable bonds is 6. The molecule has 0 spiro atoms. The first-order valence-corrected chi connectivity index (χ1v) is 7.24. The number of aliphatic hydroxyl groups excluding tert-OH is 1. The molecule has 5 atom stereocenters. The topological polar surface area (TPSA) is 120 Å². The van der Waals surface area contributed by atoms with Gasteiger partial charge in [-0.2, -0.15) is 0 Å². The van der Waals surface area contributed by atoms with E-state index < -0.39 is 48.5 Å². The van der Waals surface area contributed by atoms with Crippen LogP contribution in [0.2, 0.25) is 0 Å². The lowest BCUT2D eigenvalue weighted by molar-refractivity contribution is -0.209. The Hall–Kier alpha value is -1.71. The van der Waals surface area contributed by atoms with Crippen molar-refractivity contribution in [3.63, 3.8) is 0 Å². The van der Waals surface area contributed by atoms with E-state index in [4.69, 9.17) is 18.9 Å². The molecule has 0 bridgehead atoms. The third-order valence-electron chi connectivity index (χ3n) is 3.09. The predicted octanol–water partition coefficient (Wildman–Crippen LogP) is -0.892. The van der Waals surface area contributed by atoms with Crippen LogP contribution >= 0.6 is 0 Å². The Balaban J connectivity index is 2.96. The number of carbonyl (C=O) groups is 3. The molecule has 0 aromatic carbocycles. The summed E-state index contributed by atoms with van der Waals surface area (Å²) in [6, 6.07) is -0.586. The van der Waals surface area contributed by atoms with E-state index in [1.807, 2.05) is 0 Å². The molecule has 0 aromatic heterocycles. The molecule has 1 aliphatic rings. The summed E-state index contributed by atoms with van der Waals surface area (Å²) in [5, 5.41) is 12.3. The summed E-state index contributed by atoms with van der Waals surface area (Å²) in [4.78, 5) is 33.7. The van der Waals surface area contributed by atoms with Crippen molar-refractivity contribution in [2.24, 2.45) is 0 Å². The van der Waals surface area contributed by atoms with Crippen LogP contribution in [0.1, 0.15) is 27.7 Å². The van der Waals surface area contributed by atoms with Crippen molar-refractivity contribution in [1.29, 1.82) is 0 Å². The van der Waals surface area contributed by atoms with Gasteiger partial charge in [-0.3, -0.25) is 19.7 Å². The van der Waals surface area contributed by atoms with Crippen molar-refractivity contribution < 1.29 is 38.4 Å². The van der Waals surface area contributed by atoms with Crippen molar-refractivity contribution in [2.75, 3.05) is 13.2 Å². The van der Waals surface area contributed by atoms with Crippen LogP contribution in [-0.2, 0) is 33.3 Å². The maximum atomic E-state index is 11.4. The number of esters is 3. The van der Waals surface area contributed by atoms with Gasteiger partial charge in [-0.1, -0.05) is 0 Å². The van der Waals surface area contributed by atoms with E-state index in [0.717, 1.165) is 0 Å². The predicted molar refractivity (Wildman–Crippen MR) is 76.1 cm³/mol. The largest absolute Gasteiger partial charge is 0.463 e. The standard InChI is InChI=1S/C14H23NO8/c1-7(16)15-11-5-21-12(6-20-8(2)17)14(23-10(4)19)13(11)22-9(3)18/h7,11-16H,5-6H2,1-4H3. The van der Waals surface area contributed by atoms with Crippen LogP contribution in [0.3, 0.4) is 0 Å². The summed E-state index contributed by atoms with van der Waals surface area (Å²) in [7, 11) is 0. The van der Waals surface area contributed by atoms with E-state index in [2.05, 4.69) is 5.32 Å². The molecule has 5 unspecified atom stereocenters. The average Bonchev–Trinajstić information content (AvgIpc) is 2.39. The Labute approximate surface area is 134 Å². The molecule has 9 heteroatoms. The number of carbonyl (C=O) groups excluding carboxylic acids is 3. The Morgan fingerprint density at radius 3 is 2.17 bits per heavy atom. The third-order valence-corrected chi connectivity index (χ3v) is 3.09. The second kappa shape index (κ2) is 8.80. The summed E-state index contributed by atoms with van der Waals surface area (Å²) in [6.07, 6.45) is -3.52. The molecule has 2 N–H and O–H groups in total. The zero-order valence-electron chi connectivity index (χ0n) is 13.6. The van der Waals surface area contributed by atoms with Crippen molar-refractivity contribution in [2.45, 2.75) is 58.3 Å². The molecular formula is C14H23NO8. The molecule has 0 aliphatic carbocycles. The van der Waals surface area contributed by atoms with E-state index in [1.54, 1.807) is 0 Å². The van der Waals surface area contributed by atoms with Crippen LogP contribution in [0.25, 0.3) is 0 Å². The molecule has 132 valence electrons. The van der Waals surface area contributed by atoms with Gasteiger partial charge in [-0.25, -0.2) is 0 Å². The highest BCUT2D eigenvalue weighted by molar-refractivity contribution is 5.67. The maximum Gasteiger partial charge on any atom is 0.303 e. The monoisotopic (exact) mass is 333 g/mol. The van der Waals surface area contributed by atoms with Crippen LogP contribution in [0, 0.1) is 0 Å². The molecule has 1 aliphatic heterocycles. The maximum absolute atomic E-state index is 11.4. The molecule has 0 amide bonds. The summed E-state index contributed by atoms with van der Waals surface area (Å²) < 4.78 is 20.9. The molecular weight excluding hydrogens is 310 g/mol. The fourth-order valence-electron chi connectivity index (χ4n) is 2.33. The zero-order valence-corrected chi connectivity index (χ0v) is 13.6. The second-order valence-electron chi connectivity index (χ2n) is 5.27. The molecule has 1 saturated heterocycles. The van der Waals surface area contributed by atoms with Gasteiger partial charge in [0.2, 0.25) is 0 Å². The molecule has 1 fully saturated rings. The molecule has 1 rings (SSSR count). The van der Waals surface area contributed by atoms with Gasteiger partial charge in [0.15, 0.2) is 12.2 Å². The zero-order chi connectivity index (χ0) is 17.6. The van der Waals surface area contributed by atoms with Gasteiger partial charge in [-0.05, 0) is 6.92 Å². The lowest BCUT2D eigenvalue weighted by Crippen LogP contribution is -2.62. The summed E-state index contributed by atoms with van der Waals surface area (Å²) in [5.74, 6) is -1.68. The first-order valence-electron chi connectivity index (χ1n) is 7.24. The quantitative estimate of drug-likeness (QED) is 0.362. The Bertz CT molecular complexity index is 438. The average molecular weight is 333 g/mol. The molecule has 1 heterocycles. The van der Waals surface area contributed by atoms with Crippen LogP contribution in [0.15, 0.2) is 0 Å². The molecule has 9 nitrogen and oxygen atoms in total. The number of ether oxygens (including phenoxy) is 4. The van der Waals surface area contributed by atoms with E-state index in [-0.39, 0.29) is 13.2 Å². The van der Waals surface area contributed by atoms with E-state index in [1.165, 1.54) is 27.7 Å². The Morgan fingerprint density at radius 1 is 1.13 bits per heavy atom. The highest BCUT2D eigenvalue weighted by atomic mass is 16.6. The fourth-order valence-corrected chi connectivity index (χ4v) is 2.33. The number of hydrogen-bond acceptors (Lipinski definition) is 9. The fraction of sp³-hybridized carbons (Fsp3) is 0.786. The number of aliphatic hydroxyl groups is 1. The van der Waals surface area contributed by atoms with Crippen LogP contribution in [0.4, 0.5) is 0 Å². The van der Waals surface area contributed by atoms with Gasteiger partial charge in [0.25, 0.3) is 0 Å². The van der Waals surface area contributed by atoms with Gasteiger partial charge >= 0.3 is 17.9 Å². The second-order valence-corrected chi connectivity index (χ2v) is 5.27. The van der Waals surface area contributed by atoms with E-state index >= 15 is 0 Å². The minimum atomic E-state index is -0.972. The minimum Gasteiger partial charge on any atom is -0.463 e. The van der Waals surface area contributed by atoms with E-state index in [0.29, 0.717) is 0 Å². The van der Waals surface area contributed by atoms with Gasteiger partial charge < -0.3 is 24.1 Å². The molecule has 0 saturated carbocycles. The van der Waals surface area contributed by atoms with Gasteiger partial charge in [0.1, 0.15) is 18.9 Å². The van der Waals surface area contributed by atoms with Crippen LogP contribution in [0.5, 0.6) is 0 Å². The van der Waals surface area contributed by atoms with Gasteiger partial charge in [0.05, 0.1) is 12.6 Å². The van der Waals surface area contributed by atoms with Crippen molar-refractivity contribution in [1.82, 2.24) is 5.32 Å². The van der Waals surface area contributed by atoms with Crippen LogP contribution < -0.4 is 5.32 Å². The highest BCUT2D eigenvalue weighted by Crippen LogP contribution is 2.23. The summed E-state index contributed by atoms with van der Waals surface area (Å²) in [5.41, 5.74) is 0. The third kappa shape index (κ3) is 6.51. The van der Waals surface area contributed by atoms with E-state index in [9.17, 15) is 19.5 Å². The number of nitrogens with one attached hydrogen (secondary N) is 1. The SMILES string of the molecule is CC(=O)OCC1OCC(NC(C)O)C(OC(C)=O)C1OC(C)=O. The highest BCUT2D eigenvalue weighted by Gasteiger charge is 2.45. The molecule has 23 heavy (non-hydrogen) atoms. The first kappa shape index (κ1) is 19.3. The number of hydrogen-bond donors (Lipinski definition) is 2. The molecule has 0 radical (unpaired) electrons. The lowest BCUT2D eigenvalue weighted by atomic mass is 9.97. The van der Waals surface area contributed by atoms with Crippen molar-refractivity contribution >= 4 is 17.9 Å². The first-order chi connectivity index (χ1) is 10.7. The van der Waals surface area contributed by atoms with Gasteiger partial charge in [0, 0.05) is 20.8 Å². The smallest absolute Gasteiger partial charge is 0.303 e. The minimum absolute atomic E-state index is 0.0759. The molecule has 0 aromatic rings. The summed E-state index contributed by atoms with van der Waals surface area (Å²) >= 11 is 0. The normalized spacial score (nSPS) is 28.6. The van der Waals surface area contributed by atoms with Crippen molar-refractivity contribution in [3.8, 4) is 0 Å².